The fraction of sp³-hybridized carbons (Fsp3) is 0.167. The van der Waals surface area contributed by atoms with E-state index in [1.165, 1.54) is 33.3 Å². The number of fused-ring (bicyclic) bond motifs is 2. The van der Waals surface area contributed by atoms with Crippen molar-refractivity contribution in [3.63, 3.8) is 0 Å². The first-order valence-electron chi connectivity index (χ1n) is 9.32. The van der Waals surface area contributed by atoms with Gasteiger partial charge in [-0.2, -0.15) is 0 Å². The summed E-state index contributed by atoms with van der Waals surface area (Å²) in [5.41, 5.74) is 6.94. The van der Waals surface area contributed by atoms with E-state index < -0.39 is 0 Å². The molecule has 2 heterocycles. The largest absolute Gasteiger partial charge is 0.367 e. The van der Waals surface area contributed by atoms with Gasteiger partial charge in [-0.3, -0.25) is 0 Å². The van der Waals surface area contributed by atoms with Crippen molar-refractivity contribution < 1.29 is 0 Å². The van der Waals surface area contributed by atoms with Gasteiger partial charge in [0.15, 0.2) is 0 Å². The number of hydrogen-bond acceptors (Lipinski definition) is 1. The quantitative estimate of drug-likeness (QED) is 0.493. The molecule has 26 heavy (non-hydrogen) atoms. The van der Waals surface area contributed by atoms with Crippen LogP contribution in [0.3, 0.4) is 0 Å². The van der Waals surface area contributed by atoms with E-state index in [1.807, 2.05) is 0 Å². The summed E-state index contributed by atoms with van der Waals surface area (Å²) in [7, 11) is 0. The molecule has 0 fully saturated rings. The minimum atomic E-state index is 0.915. The molecule has 1 aliphatic rings. The molecule has 0 spiro atoms. The first kappa shape index (κ1) is 15.3. The molecule has 0 N–H and O–H groups in total. The van der Waals surface area contributed by atoms with Gasteiger partial charge in [0.2, 0.25) is 0 Å². The molecule has 0 bridgehead atoms. The summed E-state index contributed by atoms with van der Waals surface area (Å²) in [6.45, 7) is 2.99. The Hall–Kier alpha value is -3.00. The van der Waals surface area contributed by atoms with Gasteiger partial charge in [-0.05, 0) is 35.2 Å². The fourth-order valence-corrected chi connectivity index (χ4v) is 4.14. The van der Waals surface area contributed by atoms with E-state index in [-0.39, 0.29) is 0 Å². The number of rotatable bonds is 4. The molecule has 3 aromatic carbocycles. The van der Waals surface area contributed by atoms with Crippen molar-refractivity contribution in [1.29, 1.82) is 0 Å². The highest BCUT2D eigenvalue weighted by atomic mass is 15.1. The Morgan fingerprint density at radius 3 is 2.42 bits per heavy atom. The van der Waals surface area contributed by atoms with Crippen LogP contribution in [0.4, 0.5) is 5.69 Å². The maximum atomic E-state index is 2.52. The van der Waals surface area contributed by atoms with E-state index in [9.17, 15) is 0 Å². The second-order valence-electron chi connectivity index (χ2n) is 7.09. The van der Waals surface area contributed by atoms with Crippen molar-refractivity contribution in [2.45, 2.75) is 19.5 Å². The molecule has 128 valence electrons. The zero-order chi connectivity index (χ0) is 17.3. The summed E-state index contributed by atoms with van der Waals surface area (Å²) in [4.78, 5) is 2.52. The standard InChI is InChI=1S/C24H22N2/c1-2-8-19(9-3-1)16-26-18-21(22-11-5-7-13-24(22)26)17-25-15-14-20-10-4-6-12-23(20)25/h1-13,18H,14-17H2. The number of benzene rings is 3. The van der Waals surface area contributed by atoms with Crippen molar-refractivity contribution in [3.8, 4) is 0 Å². The van der Waals surface area contributed by atoms with E-state index >= 15 is 0 Å². The predicted molar refractivity (Wildman–Crippen MR) is 109 cm³/mol. The smallest absolute Gasteiger partial charge is 0.0486 e. The Labute approximate surface area is 154 Å². The summed E-state index contributed by atoms with van der Waals surface area (Å²) >= 11 is 0. The van der Waals surface area contributed by atoms with Crippen molar-refractivity contribution >= 4 is 16.6 Å². The molecule has 2 heteroatoms. The molecule has 0 saturated carbocycles. The number of hydrogen-bond donors (Lipinski definition) is 0. The highest BCUT2D eigenvalue weighted by Crippen LogP contribution is 2.31. The van der Waals surface area contributed by atoms with E-state index in [0.717, 1.165) is 26.1 Å². The molecule has 4 aromatic rings. The van der Waals surface area contributed by atoms with Crippen molar-refractivity contribution in [2.75, 3.05) is 11.4 Å². The molecule has 1 aliphatic heterocycles. The minimum Gasteiger partial charge on any atom is -0.367 e. The predicted octanol–water partition coefficient (Wildman–Crippen LogP) is 5.25. The maximum Gasteiger partial charge on any atom is 0.0486 e. The lowest BCUT2D eigenvalue weighted by Gasteiger charge is -2.19. The summed E-state index contributed by atoms with van der Waals surface area (Å²) in [5.74, 6) is 0. The lowest BCUT2D eigenvalue weighted by molar-refractivity contribution is 0.808. The van der Waals surface area contributed by atoms with Crippen LogP contribution in [0.1, 0.15) is 16.7 Å². The van der Waals surface area contributed by atoms with E-state index in [4.69, 9.17) is 0 Å². The number of aromatic nitrogens is 1. The van der Waals surface area contributed by atoms with Gasteiger partial charge in [0, 0.05) is 42.4 Å². The lowest BCUT2D eigenvalue weighted by Crippen LogP contribution is -2.19. The van der Waals surface area contributed by atoms with Gasteiger partial charge in [0.1, 0.15) is 0 Å². The first-order chi connectivity index (χ1) is 12.9. The van der Waals surface area contributed by atoms with Gasteiger partial charge in [-0.25, -0.2) is 0 Å². The van der Waals surface area contributed by atoms with Gasteiger partial charge in [0.05, 0.1) is 0 Å². The van der Waals surface area contributed by atoms with Gasteiger partial charge in [-0.15, -0.1) is 0 Å². The Kier molecular flexibility index (Phi) is 3.75. The number of nitrogens with zero attached hydrogens (tertiary/aromatic N) is 2. The molecule has 0 radical (unpaired) electrons. The van der Waals surface area contributed by atoms with Crippen LogP contribution >= 0.6 is 0 Å². The topological polar surface area (TPSA) is 8.17 Å². The zero-order valence-corrected chi connectivity index (χ0v) is 14.8. The molecule has 0 aliphatic carbocycles. The zero-order valence-electron chi connectivity index (χ0n) is 14.8. The number of anilines is 1. The van der Waals surface area contributed by atoms with E-state index in [2.05, 4.69) is 94.5 Å². The van der Waals surface area contributed by atoms with Crippen LogP contribution in [0, 0.1) is 0 Å². The summed E-state index contributed by atoms with van der Waals surface area (Å²) < 4.78 is 2.39. The summed E-state index contributed by atoms with van der Waals surface area (Å²) in [5, 5.41) is 1.37. The Balaban J connectivity index is 1.51. The monoisotopic (exact) mass is 338 g/mol. The van der Waals surface area contributed by atoms with Crippen LogP contribution in [0.15, 0.2) is 85.1 Å². The number of para-hydroxylation sites is 2. The van der Waals surface area contributed by atoms with Crippen LogP contribution in [0.5, 0.6) is 0 Å². The second kappa shape index (κ2) is 6.38. The van der Waals surface area contributed by atoms with Crippen molar-refractivity contribution in [2.24, 2.45) is 0 Å². The molecule has 0 amide bonds. The molecule has 1 aromatic heterocycles. The first-order valence-corrected chi connectivity index (χ1v) is 9.32. The highest BCUT2D eigenvalue weighted by Gasteiger charge is 2.20. The summed E-state index contributed by atoms with van der Waals surface area (Å²) in [6.07, 6.45) is 3.50. The molecule has 2 nitrogen and oxygen atoms in total. The van der Waals surface area contributed by atoms with Gasteiger partial charge < -0.3 is 9.47 Å². The van der Waals surface area contributed by atoms with Crippen molar-refractivity contribution in [3.05, 3.63) is 102 Å². The molecule has 0 unspecified atom stereocenters. The lowest BCUT2D eigenvalue weighted by atomic mass is 10.1. The van der Waals surface area contributed by atoms with Crippen molar-refractivity contribution in [1.82, 2.24) is 4.57 Å². The Morgan fingerprint density at radius 1 is 0.731 bits per heavy atom. The van der Waals surface area contributed by atoms with Crippen LogP contribution in [-0.2, 0) is 19.5 Å². The van der Waals surface area contributed by atoms with Crippen LogP contribution in [0.2, 0.25) is 0 Å². The van der Waals surface area contributed by atoms with E-state index in [0.29, 0.717) is 0 Å². The minimum absolute atomic E-state index is 0.915. The molecule has 0 atom stereocenters. The highest BCUT2D eigenvalue weighted by molar-refractivity contribution is 5.84. The average molecular weight is 338 g/mol. The molecule has 5 rings (SSSR count). The maximum absolute atomic E-state index is 2.52. The third kappa shape index (κ3) is 2.68. The molecular formula is C24H22N2. The normalized spacial score (nSPS) is 13.3. The Morgan fingerprint density at radius 2 is 1.50 bits per heavy atom. The fourth-order valence-electron chi connectivity index (χ4n) is 4.14. The van der Waals surface area contributed by atoms with Gasteiger partial charge >= 0.3 is 0 Å². The van der Waals surface area contributed by atoms with Crippen LogP contribution < -0.4 is 4.90 Å². The Bertz CT molecular complexity index is 1050. The van der Waals surface area contributed by atoms with E-state index in [1.54, 1.807) is 0 Å². The van der Waals surface area contributed by atoms with Crippen LogP contribution in [-0.4, -0.2) is 11.1 Å². The third-order valence-electron chi connectivity index (χ3n) is 5.41. The third-order valence-corrected chi connectivity index (χ3v) is 5.41. The second-order valence-corrected chi connectivity index (χ2v) is 7.09. The molecule has 0 saturated heterocycles. The summed E-state index contributed by atoms with van der Waals surface area (Å²) in [6, 6.07) is 28.3. The van der Waals surface area contributed by atoms with Crippen LogP contribution in [0.25, 0.3) is 10.9 Å². The SMILES string of the molecule is c1ccc(Cn2cc(CN3CCc4ccccc43)c3ccccc32)cc1. The molecular weight excluding hydrogens is 316 g/mol. The van der Waals surface area contributed by atoms with Gasteiger partial charge in [-0.1, -0.05) is 66.7 Å². The average Bonchev–Trinajstić information content (AvgIpc) is 3.26. The van der Waals surface area contributed by atoms with Gasteiger partial charge in [0.25, 0.3) is 0 Å².